The van der Waals surface area contributed by atoms with Crippen LogP contribution in [0.3, 0.4) is 0 Å². The van der Waals surface area contributed by atoms with Crippen molar-refractivity contribution in [2.24, 2.45) is 5.92 Å². The zero-order valence-corrected chi connectivity index (χ0v) is 10.2. The number of carbonyl (C=O) groups excluding carboxylic acids is 1. The van der Waals surface area contributed by atoms with Crippen LogP contribution < -0.4 is 0 Å². The van der Waals surface area contributed by atoms with Crippen molar-refractivity contribution in [1.29, 1.82) is 0 Å². The van der Waals surface area contributed by atoms with Gasteiger partial charge in [0.1, 0.15) is 0 Å². The maximum absolute atomic E-state index is 11.8. The van der Waals surface area contributed by atoms with E-state index in [2.05, 4.69) is 6.92 Å². The van der Waals surface area contributed by atoms with Gasteiger partial charge in [-0.05, 0) is 12.8 Å². The van der Waals surface area contributed by atoms with Gasteiger partial charge in [-0.2, -0.15) is 0 Å². The molecule has 1 amide bonds. The number of hydrogen-bond acceptors (Lipinski definition) is 3. The van der Waals surface area contributed by atoms with E-state index in [1.54, 1.807) is 11.9 Å². The first-order valence-corrected chi connectivity index (χ1v) is 7.24. The van der Waals surface area contributed by atoms with Gasteiger partial charge in [0.15, 0.2) is 9.84 Å². The van der Waals surface area contributed by atoms with Gasteiger partial charge in [0, 0.05) is 13.6 Å². The van der Waals surface area contributed by atoms with E-state index in [-0.39, 0.29) is 23.3 Å². The Bertz CT molecular complexity index is 324. The second kappa shape index (κ2) is 4.96. The third-order valence-corrected chi connectivity index (χ3v) is 4.57. The maximum Gasteiger partial charge on any atom is 0.226 e. The van der Waals surface area contributed by atoms with Crippen LogP contribution in [0.4, 0.5) is 0 Å². The molecule has 1 aliphatic heterocycles. The van der Waals surface area contributed by atoms with E-state index in [0.29, 0.717) is 6.42 Å². The van der Waals surface area contributed by atoms with Gasteiger partial charge in [-0.3, -0.25) is 4.79 Å². The molecule has 0 saturated carbocycles. The molecule has 88 valence electrons. The van der Waals surface area contributed by atoms with Crippen LogP contribution in [-0.2, 0) is 14.6 Å². The molecule has 1 rings (SSSR count). The fourth-order valence-corrected chi connectivity index (χ4v) is 3.54. The van der Waals surface area contributed by atoms with Crippen LogP contribution in [0, 0.1) is 5.92 Å². The Morgan fingerprint density at radius 2 is 2.13 bits per heavy atom. The van der Waals surface area contributed by atoms with Gasteiger partial charge in [0.2, 0.25) is 5.91 Å². The summed E-state index contributed by atoms with van der Waals surface area (Å²) < 4.78 is 22.4. The number of sulfone groups is 1. The van der Waals surface area contributed by atoms with Crippen LogP contribution in [0.1, 0.15) is 26.2 Å². The molecule has 1 aliphatic rings. The summed E-state index contributed by atoms with van der Waals surface area (Å²) in [5.74, 6) is -0.0887. The second-order valence-corrected chi connectivity index (χ2v) is 6.44. The van der Waals surface area contributed by atoms with Gasteiger partial charge in [-0.25, -0.2) is 8.42 Å². The Balaban J connectivity index is 2.48. The van der Waals surface area contributed by atoms with E-state index in [9.17, 15) is 13.2 Å². The minimum absolute atomic E-state index is 0.00970. The first-order valence-electron chi connectivity index (χ1n) is 5.41. The van der Waals surface area contributed by atoms with Crippen molar-refractivity contribution in [3.8, 4) is 0 Å². The van der Waals surface area contributed by atoms with Crippen LogP contribution >= 0.6 is 0 Å². The number of carbonyl (C=O) groups is 1. The molecular weight excluding hydrogens is 214 g/mol. The summed E-state index contributed by atoms with van der Waals surface area (Å²) in [7, 11) is -1.19. The molecule has 0 N–H and O–H groups in total. The molecule has 1 saturated heterocycles. The third kappa shape index (κ3) is 3.48. The smallest absolute Gasteiger partial charge is 0.226 e. The molecule has 0 aromatic heterocycles. The first-order chi connectivity index (χ1) is 6.96. The van der Waals surface area contributed by atoms with Crippen molar-refractivity contribution in [2.75, 3.05) is 25.1 Å². The van der Waals surface area contributed by atoms with Gasteiger partial charge in [0.25, 0.3) is 0 Å². The Morgan fingerprint density at radius 1 is 1.47 bits per heavy atom. The minimum atomic E-state index is -2.94. The lowest BCUT2D eigenvalue weighted by molar-refractivity contribution is -0.133. The van der Waals surface area contributed by atoms with Crippen molar-refractivity contribution in [2.45, 2.75) is 26.2 Å². The molecule has 0 radical (unpaired) electrons. The van der Waals surface area contributed by atoms with Crippen molar-refractivity contribution in [3.63, 3.8) is 0 Å². The summed E-state index contributed by atoms with van der Waals surface area (Å²) in [4.78, 5) is 13.5. The molecule has 1 heterocycles. The summed E-state index contributed by atoms with van der Waals surface area (Å²) in [6, 6.07) is 0. The number of nitrogens with zero attached hydrogens (tertiary/aromatic N) is 1. The van der Waals surface area contributed by atoms with Gasteiger partial charge >= 0.3 is 0 Å². The van der Waals surface area contributed by atoms with E-state index in [1.807, 2.05) is 0 Å². The molecule has 0 aromatic rings. The standard InChI is InChI=1S/C10H19NO3S/c1-3-4-6-11(2)10(12)9-5-7-15(13,14)8-9/h9H,3-8H2,1-2H3. The third-order valence-electron chi connectivity index (χ3n) is 2.80. The average molecular weight is 233 g/mol. The number of rotatable bonds is 4. The lowest BCUT2D eigenvalue weighted by atomic mass is 10.1. The molecule has 0 bridgehead atoms. The van der Waals surface area contributed by atoms with Crippen LogP contribution in [0.5, 0.6) is 0 Å². The quantitative estimate of drug-likeness (QED) is 0.717. The summed E-state index contributed by atoms with van der Waals surface area (Å²) in [5, 5.41) is 0. The van der Waals surface area contributed by atoms with E-state index < -0.39 is 9.84 Å². The minimum Gasteiger partial charge on any atom is -0.345 e. The monoisotopic (exact) mass is 233 g/mol. The number of hydrogen-bond donors (Lipinski definition) is 0. The SMILES string of the molecule is CCCCN(C)C(=O)C1CCS(=O)(=O)C1. The molecule has 5 heteroatoms. The van der Waals surface area contributed by atoms with Gasteiger partial charge < -0.3 is 4.90 Å². The van der Waals surface area contributed by atoms with E-state index in [1.165, 1.54) is 0 Å². The summed E-state index contributed by atoms with van der Waals surface area (Å²) in [6.07, 6.45) is 2.51. The Kier molecular flexibility index (Phi) is 4.13. The molecule has 1 atom stereocenters. The highest BCUT2D eigenvalue weighted by atomic mass is 32.2. The van der Waals surface area contributed by atoms with Crippen LogP contribution in [0.2, 0.25) is 0 Å². The lowest BCUT2D eigenvalue weighted by Gasteiger charge is -2.19. The zero-order valence-electron chi connectivity index (χ0n) is 9.40. The van der Waals surface area contributed by atoms with Crippen molar-refractivity contribution in [3.05, 3.63) is 0 Å². The van der Waals surface area contributed by atoms with Crippen LogP contribution in [-0.4, -0.2) is 44.3 Å². The van der Waals surface area contributed by atoms with E-state index in [4.69, 9.17) is 0 Å². The normalized spacial score (nSPS) is 24.0. The molecular formula is C10H19NO3S. The Labute approximate surface area is 91.6 Å². The van der Waals surface area contributed by atoms with Crippen LogP contribution in [0.15, 0.2) is 0 Å². The zero-order chi connectivity index (χ0) is 11.5. The molecule has 15 heavy (non-hydrogen) atoms. The summed E-state index contributed by atoms with van der Waals surface area (Å²) >= 11 is 0. The van der Waals surface area contributed by atoms with E-state index >= 15 is 0 Å². The molecule has 0 aliphatic carbocycles. The van der Waals surface area contributed by atoms with Crippen molar-refractivity contribution in [1.82, 2.24) is 4.90 Å². The largest absolute Gasteiger partial charge is 0.345 e. The average Bonchev–Trinajstić information content (AvgIpc) is 2.54. The topological polar surface area (TPSA) is 54.5 Å². The Hall–Kier alpha value is -0.580. The predicted molar refractivity (Wildman–Crippen MR) is 59.3 cm³/mol. The maximum atomic E-state index is 11.8. The molecule has 0 spiro atoms. The van der Waals surface area contributed by atoms with E-state index in [0.717, 1.165) is 19.4 Å². The summed E-state index contributed by atoms with van der Waals surface area (Å²) in [5.41, 5.74) is 0. The molecule has 1 fully saturated rings. The highest BCUT2D eigenvalue weighted by Gasteiger charge is 2.34. The highest BCUT2D eigenvalue weighted by molar-refractivity contribution is 7.91. The number of amides is 1. The molecule has 4 nitrogen and oxygen atoms in total. The fourth-order valence-electron chi connectivity index (χ4n) is 1.81. The highest BCUT2D eigenvalue weighted by Crippen LogP contribution is 2.20. The predicted octanol–water partition coefficient (Wildman–Crippen LogP) is 0.680. The first kappa shape index (κ1) is 12.5. The number of unbranched alkanes of at least 4 members (excludes halogenated alkanes) is 1. The van der Waals surface area contributed by atoms with Gasteiger partial charge in [-0.1, -0.05) is 13.3 Å². The van der Waals surface area contributed by atoms with Crippen molar-refractivity contribution < 1.29 is 13.2 Å². The second-order valence-electron chi connectivity index (χ2n) is 4.21. The van der Waals surface area contributed by atoms with Gasteiger partial charge in [0.05, 0.1) is 17.4 Å². The van der Waals surface area contributed by atoms with Gasteiger partial charge in [-0.15, -0.1) is 0 Å². The fraction of sp³-hybridized carbons (Fsp3) is 0.900. The molecule has 1 unspecified atom stereocenters. The summed E-state index contributed by atoms with van der Waals surface area (Å²) in [6.45, 7) is 2.80. The van der Waals surface area contributed by atoms with Crippen LogP contribution in [0.25, 0.3) is 0 Å². The van der Waals surface area contributed by atoms with Crippen molar-refractivity contribution >= 4 is 15.7 Å². The molecule has 0 aromatic carbocycles. The lowest BCUT2D eigenvalue weighted by Crippen LogP contribution is -2.34. The Morgan fingerprint density at radius 3 is 2.60 bits per heavy atom.